The molecule has 0 bridgehead atoms. The molecule has 3 aromatic rings. The van der Waals surface area contributed by atoms with Crippen LogP contribution in [-0.2, 0) is 0 Å². The molecular formula is C23H24N2O. The minimum atomic E-state index is 0.282. The number of phenols is 1. The summed E-state index contributed by atoms with van der Waals surface area (Å²) in [5, 5.41) is 12.5. The standard InChI is InChI=1S/C23H24N2O/c26-23-13-12-18-8-4-5-11-20(18)21(23)16-24-17-22(25-14-6-7-15-25)19-9-2-1-3-10-19/h1-5,8-13,16,22,26H,6-7,14-15,17H2/t22-/m0/s1. The number of benzene rings is 3. The maximum Gasteiger partial charge on any atom is 0.124 e. The van der Waals surface area contributed by atoms with Crippen LogP contribution >= 0.6 is 0 Å². The van der Waals surface area contributed by atoms with Gasteiger partial charge < -0.3 is 5.11 Å². The second kappa shape index (κ2) is 7.71. The third-order valence-corrected chi connectivity index (χ3v) is 5.21. The first-order valence-corrected chi connectivity index (χ1v) is 9.32. The van der Waals surface area contributed by atoms with Gasteiger partial charge in [-0.1, -0.05) is 60.7 Å². The number of aromatic hydroxyl groups is 1. The summed E-state index contributed by atoms with van der Waals surface area (Å²) in [6.07, 6.45) is 4.36. The van der Waals surface area contributed by atoms with Crippen molar-refractivity contribution in [2.45, 2.75) is 18.9 Å². The Morgan fingerprint density at radius 2 is 1.65 bits per heavy atom. The van der Waals surface area contributed by atoms with Crippen molar-refractivity contribution in [2.75, 3.05) is 19.6 Å². The van der Waals surface area contributed by atoms with Crippen molar-refractivity contribution in [3.8, 4) is 5.75 Å². The fourth-order valence-electron chi connectivity index (χ4n) is 3.82. The third kappa shape index (κ3) is 3.49. The molecule has 1 atom stereocenters. The van der Waals surface area contributed by atoms with Crippen molar-refractivity contribution in [2.24, 2.45) is 4.99 Å². The molecule has 0 amide bonds. The largest absolute Gasteiger partial charge is 0.507 e. The highest BCUT2D eigenvalue weighted by atomic mass is 16.3. The van der Waals surface area contributed by atoms with Gasteiger partial charge in [0, 0.05) is 11.8 Å². The van der Waals surface area contributed by atoms with E-state index >= 15 is 0 Å². The van der Waals surface area contributed by atoms with Gasteiger partial charge in [0.15, 0.2) is 0 Å². The minimum absolute atomic E-state index is 0.282. The molecule has 0 radical (unpaired) electrons. The Bertz CT molecular complexity index is 898. The summed E-state index contributed by atoms with van der Waals surface area (Å²) in [6, 6.07) is 22.7. The van der Waals surface area contributed by atoms with E-state index in [0.29, 0.717) is 12.6 Å². The molecule has 1 saturated heterocycles. The summed E-state index contributed by atoms with van der Waals surface area (Å²) < 4.78 is 0. The fourth-order valence-corrected chi connectivity index (χ4v) is 3.82. The van der Waals surface area contributed by atoms with Crippen molar-refractivity contribution >= 4 is 17.0 Å². The predicted molar refractivity (Wildman–Crippen MR) is 108 cm³/mol. The molecule has 1 heterocycles. The van der Waals surface area contributed by atoms with Crippen LogP contribution in [0.1, 0.15) is 30.0 Å². The molecule has 1 aliphatic rings. The monoisotopic (exact) mass is 344 g/mol. The number of phenolic OH excluding ortho intramolecular Hbond substituents is 1. The average molecular weight is 344 g/mol. The van der Waals surface area contributed by atoms with Crippen molar-refractivity contribution in [3.05, 3.63) is 77.9 Å². The van der Waals surface area contributed by atoms with Crippen LogP contribution in [0.2, 0.25) is 0 Å². The van der Waals surface area contributed by atoms with Gasteiger partial charge in [0.05, 0.1) is 12.6 Å². The normalized spacial score (nSPS) is 16.5. The van der Waals surface area contributed by atoms with Gasteiger partial charge >= 0.3 is 0 Å². The van der Waals surface area contributed by atoms with E-state index in [1.165, 1.54) is 18.4 Å². The highest BCUT2D eigenvalue weighted by molar-refractivity contribution is 6.02. The van der Waals surface area contributed by atoms with Gasteiger partial charge in [-0.3, -0.25) is 9.89 Å². The van der Waals surface area contributed by atoms with E-state index < -0.39 is 0 Å². The molecule has 0 unspecified atom stereocenters. The second-order valence-corrected chi connectivity index (χ2v) is 6.88. The number of fused-ring (bicyclic) bond motifs is 1. The number of likely N-dealkylation sites (tertiary alicyclic amines) is 1. The summed E-state index contributed by atoms with van der Waals surface area (Å²) in [7, 11) is 0. The summed E-state index contributed by atoms with van der Waals surface area (Å²) in [6.45, 7) is 2.97. The van der Waals surface area contributed by atoms with E-state index in [2.05, 4.69) is 41.3 Å². The van der Waals surface area contributed by atoms with Gasteiger partial charge in [-0.25, -0.2) is 0 Å². The Kier molecular flexibility index (Phi) is 4.98. The number of aliphatic imine (C=N–C) groups is 1. The molecule has 0 saturated carbocycles. The van der Waals surface area contributed by atoms with Crippen LogP contribution in [0.4, 0.5) is 0 Å². The Morgan fingerprint density at radius 3 is 2.46 bits per heavy atom. The zero-order valence-electron chi connectivity index (χ0n) is 14.9. The van der Waals surface area contributed by atoms with E-state index in [4.69, 9.17) is 4.99 Å². The molecule has 0 aromatic heterocycles. The van der Waals surface area contributed by atoms with Crippen molar-refractivity contribution in [1.29, 1.82) is 0 Å². The van der Waals surface area contributed by atoms with Crippen molar-refractivity contribution in [1.82, 2.24) is 4.90 Å². The molecule has 4 rings (SSSR count). The minimum Gasteiger partial charge on any atom is -0.507 e. The van der Waals surface area contributed by atoms with Gasteiger partial charge in [0.2, 0.25) is 0 Å². The van der Waals surface area contributed by atoms with Gasteiger partial charge in [-0.05, 0) is 48.3 Å². The van der Waals surface area contributed by atoms with Crippen LogP contribution in [0.5, 0.6) is 5.75 Å². The molecule has 1 N–H and O–H groups in total. The van der Waals surface area contributed by atoms with E-state index in [0.717, 1.165) is 29.4 Å². The van der Waals surface area contributed by atoms with Crippen LogP contribution in [0.15, 0.2) is 71.7 Å². The molecule has 132 valence electrons. The highest BCUT2D eigenvalue weighted by Gasteiger charge is 2.22. The van der Waals surface area contributed by atoms with Crippen molar-refractivity contribution in [3.63, 3.8) is 0 Å². The maximum atomic E-state index is 10.3. The lowest BCUT2D eigenvalue weighted by molar-refractivity contribution is 0.252. The number of hydrogen-bond acceptors (Lipinski definition) is 3. The fraction of sp³-hybridized carbons (Fsp3) is 0.261. The van der Waals surface area contributed by atoms with Gasteiger partial charge in [0.25, 0.3) is 0 Å². The Labute approximate surface area is 154 Å². The molecule has 1 aliphatic heterocycles. The molecule has 3 nitrogen and oxygen atoms in total. The molecule has 3 aromatic carbocycles. The lowest BCUT2D eigenvalue weighted by Gasteiger charge is -2.26. The molecule has 26 heavy (non-hydrogen) atoms. The SMILES string of the molecule is Oc1ccc2ccccc2c1C=NC[C@@H](c1ccccc1)N1CCCC1. The summed E-state index contributed by atoms with van der Waals surface area (Å²) in [4.78, 5) is 7.27. The van der Waals surface area contributed by atoms with Crippen LogP contribution in [-0.4, -0.2) is 35.9 Å². The van der Waals surface area contributed by atoms with Crippen LogP contribution in [0, 0.1) is 0 Å². The molecule has 0 aliphatic carbocycles. The predicted octanol–water partition coefficient (Wildman–Crippen LogP) is 4.80. The van der Waals surface area contributed by atoms with E-state index in [1.807, 2.05) is 30.5 Å². The molecule has 3 heteroatoms. The number of nitrogens with zero attached hydrogens (tertiary/aromatic N) is 2. The topological polar surface area (TPSA) is 35.8 Å². The zero-order valence-corrected chi connectivity index (χ0v) is 14.9. The van der Waals surface area contributed by atoms with Crippen molar-refractivity contribution < 1.29 is 5.11 Å². The quantitative estimate of drug-likeness (QED) is 0.675. The first-order chi connectivity index (χ1) is 12.8. The first kappa shape index (κ1) is 16.8. The van der Waals surface area contributed by atoms with Gasteiger partial charge in [-0.15, -0.1) is 0 Å². The van der Waals surface area contributed by atoms with Crippen LogP contribution in [0.25, 0.3) is 10.8 Å². The molecular weight excluding hydrogens is 320 g/mol. The lowest BCUT2D eigenvalue weighted by Crippen LogP contribution is -2.27. The lowest BCUT2D eigenvalue weighted by atomic mass is 10.0. The summed E-state index contributed by atoms with van der Waals surface area (Å²) >= 11 is 0. The Hall–Kier alpha value is -2.65. The third-order valence-electron chi connectivity index (χ3n) is 5.21. The van der Waals surface area contributed by atoms with E-state index in [-0.39, 0.29) is 5.75 Å². The molecule has 1 fully saturated rings. The van der Waals surface area contributed by atoms with E-state index in [9.17, 15) is 5.11 Å². The number of rotatable bonds is 5. The maximum absolute atomic E-state index is 10.3. The first-order valence-electron chi connectivity index (χ1n) is 9.32. The summed E-state index contributed by atoms with van der Waals surface area (Å²) in [5.41, 5.74) is 2.12. The average Bonchev–Trinajstić information content (AvgIpc) is 3.22. The Balaban J connectivity index is 1.61. The van der Waals surface area contributed by atoms with Gasteiger partial charge in [-0.2, -0.15) is 0 Å². The highest BCUT2D eigenvalue weighted by Crippen LogP contribution is 2.27. The second-order valence-electron chi connectivity index (χ2n) is 6.88. The number of hydrogen-bond donors (Lipinski definition) is 1. The summed E-state index contributed by atoms with van der Waals surface area (Å²) in [5.74, 6) is 0.282. The Morgan fingerprint density at radius 1 is 0.923 bits per heavy atom. The smallest absolute Gasteiger partial charge is 0.124 e. The van der Waals surface area contributed by atoms with Gasteiger partial charge in [0.1, 0.15) is 5.75 Å². The molecule has 0 spiro atoms. The van der Waals surface area contributed by atoms with Crippen LogP contribution < -0.4 is 0 Å². The van der Waals surface area contributed by atoms with Crippen LogP contribution in [0.3, 0.4) is 0 Å². The van der Waals surface area contributed by atoms with E-state index in [1.54, 1.807) is 6.07 Å². The zero-order chi connectivity index (χ0) is 17.8.